The molecule has 698 valence electrons. The van der Waals surface area contributed by atoms with Gasteiger partial charge in [0.1, 0.15) is 22.4 Å². The first-order valence-electron chi connectivity index (χ1n) is 42.2. The molecule has 0 amide bonds. The maximum absolute atomic E-state index is 15.1. The quantitative estimate of drug-likeness (QED) is 0.0700. The number of esters is 4. The molecule has 1 atom stereocenters. The number of aryl methyl sites for hydroxylation is 8. The van der Waals surface area contributed by atoms with Crippen molar-refractivity contribution in [3.8, 4) is 6.07 Å². The van der Waals surface area contributed by atoms with Crippen LogP contribution in [0.15, 0.2) is 70.4 Å². The van der Waals surface area contributed by atoms with Gasteiger partial charge in [0, 0.05) is 132 Å². The molecule has 0 bridgehead atoms. The van der Waals surface area contributed by atoms with E-state index in [2.05, 4.69) is 22.5 Å². The first-order valence-corrected chi connectivity index (χ1v) is 49.1. The van der Waals surface area contributed by atoms with Crippen LogP contribution in [0.1, 0.15) is 244 Å². The molecule has 0 radical (unpaired) electrons. The number of hydrogen-bond acceptors (Lipinski definition) is 25. The minimum Gasteiger partial charge on any atom is -0.456 e. The summed E-state index contributed by atoms with van der Waals surface area (Å²) in [7, 11) is -14.4. The molecule has 4 aromatic carbocycles. The van der Waals surface area contributed by atoms with Crippen molar-refractivity contribution in [3.05, 3.63) is 154 Å². The Morgan fingerprint density at radius 2 is 0.688 bits per heavy atom. The summed E-state index contributed by atoms with van der Waals surface area (Å²) < 4.78 is 188. The van der Waals surface area contributed by atoms with Crippen LogP contribution in [0.5, 0.6) is 0 Å². The van der Waals surface area contributed by atoms with E-state index in [0.717, 1.165) is 54.4 Å². The monoisotopic (exact) mass is 1890 g/mol. The molecule has 0 aliphatic carbocycles. The Morgan fingerprint density at radius 1 is 0.440 bits per heavy atom. The summed E-state index contributed by atoms with van der Waals surface area (Å²) in [5.74, 6) is -3.90. The molecule has 0 saturated carbocycles. The number of nitrogens with zero attached hydrogens (tertiary/aromatic N) is 5. The molecular weight excluding hydrogens is 1760 g/mol. The maximum Gasteiger partial charge on any atom is 0.338 e. The first kappa shape index (κ1) is 106. The van der Waals surface area contributed by atoms with E-state index < -0.39 is 103 Å². The van der Waals surface area contributed by atoms with Gasteiger partial charge in [-0.1, -0.05) is 22.5 Å². The minimum atomic E-state index is -4.13. The van der Waals surface area contributed by atoms with Crippen molar-refractivity contribution in [1.82, 2.24) is 17.2 Å². The number of hydrogen-bond donors (Lipinski definition) is 0. The van der Waals surface area contributed by atoms with Crippen molar-refractivity contribution in [2.75, 3.05) is 111 Å². The van der Waals surface area contributed by atoms with Crippen molar-refractivity contribution in [2.24, 2.45) is 0 Å². The van der Waals surface area contributed by atoms with E-state index in [1.54, 1.807) is 87.5 Å². The summed E-state index contributed by atoms with van der Waals surface area (Å²) in [4.78, 5) is 48.9. The van der Waals surface area contributed by atoms with E-state index in [0.29, 0.717) is 189 Å². The number of nitriles is 1. The molecule has 0 aromatic heterocycles. The van der Waals surface area contributed by atoms with Gasteiger partial charge in [0.05, 0.1) is 86.9 Å². The van der Waals surface area contributed by atoms with Crippen LogP contribution in [0.2, 0.25) is 0 Å². The molecule has 4 spiro atoms. The highest BCUT2D eigenvalue weighted by atomic mass is 79.9. The minimum absolute atomic E-state index is 0.0369. The van der Waals surface area contributed by atoms with Crippen molar-refractivity contribution >= 4 is 86.0 Å². The highest BCUT2D eigenvalue weighted by Gasteiger charge is 2.47. The van der Waals surface area contributed by atoms with Crippen LogP contribution in [0.3, 0.4) is 0 Å². The summed E-state index contributed by atoms with van der Waals surface area (Å²) in [6.07, 6.45) is 5.90. The lowest BCUT2D eigenvalue weighted by Gasteiger charge is -2.37. The average Bonchev–Trinajstić information content (AvgIpc) is 1.78. The van der Waals surface area contributed by atoms with E-state index in [4.69, 9.17) is 62.1 Å². The summed E-state index contributed by atoms with van der Waals surface area (Å²) in [6, 6.07) is 15.7. The smallest absolute Gasteiger partial charge is 0.338 e. The standard InChI is InChI=1S/C22H32FNO6S.C22H33NO6S.C22H31NO6S.C13H17BrO2.C9H15NO4S.C2H3N/c1-15-12-17(20(25)30-21(3,4)5)13-16(2)18(15)14-19(23)31(26,27)24-8-6-22(7-9-24)28-10-11-29-22;2*1-16-14-18(20(24)29-21(3,4)5)15-17(2)19(16)6-13-30(25,26)23-9-7-22(8-10-23)27-11-12-28-22;1-8-6-10(7-9(2)11(8)14)12(15)16-13(3,4)5;1-2-15(11,12)10-5-3-9(4-6-10)13-7-8-14-9;1-2-3/h12-13,19H,6-11,14H2,1-5H3;14-15H,6-13H2,1-5H3;6,13-15H,7-12H2,1-5H3;6-7H,1-5H3;2H,1,3-8H2;1H3/b;;13-6+;;;. The number of benzene rings is 4. The van der Waals surface area contributed by atoms with Crippen LogP contribution < -0.4 is 0 Å². The van der Waals surface area contributed by atoms with Crippen LogP contribution in [-0.2, 0) is 110 Å². The van der Waals surface area contributed by atoms with Crippen molar-refractivity contribution < 1.29 is 114 Å². The fourth-order valence-electron chi connectivity index (χ4n) is 15.3. The largest absolute Gasteiger partial charge is 0.456 e. The number of alkyl halides is 1. The second-order valence-corrected chi connectivity index (χ2v) is 44.8. The third-order valence-corrected chi connectivity index (χ3v) is 29.6. The van der Waals surface area contributed by atoms with E-state index in [-0.39, 0.29) is 37.2 Å². The lowest BCUT2D eigenvalue weighted by molar-refractivity contribution is -0.179. The Balaban J connectivity index is 0.000000218. The van der Waals surface area contributed by atoms with Crippen LogP contribution in [0.25, 0.3) is 6.08 Å². The molecule has 8 saturated heterocycles. The number of carbonyl (C=O) groups excluding carboxylic acids is 4. The Hall–Kier alpha value is -6.54. The molecular formula is C90H131BrFN5O24S4. The molecule has 12 rings (SSSR count). The zero-order chi connectivity index (χ0) is 93.5. The van der Waals surface area contributed by atoms with Crippen LogP contribution in [0, 0.1) is 66.7 Å². The molecule has 29 nitrogen and oxygen atoms in total. The van der Waals surface area contributed by atoms with E-state index >= 15 is 4.39 Å². The molecule has 8 fully saturated rings. The molecule has 125 heavy (non-hydrogen) atoms. The summed E-state index contributed by atoms with van der Waals surface area (Å²) in [5, 5.41) is 9.55. The van der Waals surface area contributed by atoms with Gasteiger partial charge in [-0.05, 0) is 261 Å². The lowest BCUT2D eigenvalue weighted by Crippen LogP contribution is -2.49. The fraction of sp³-hybridized carbons (Fsp3) is 0.633. The number of sulfonamides is 4. The van der Waals surface area contributed by atoms with Gasteiger partial charge in [-0.2, -0.15) is 18.2 Å². The van der Waals surface area contributed by atoms with Crippen molar-refractivity contribution in [1.29, 1.82) is 5.26 Å². The third kappa shape index (κ3) is 30.5. The van der Waals surface area contributed by atoms with Crippen LogP contribution in [-0.4, -0.2) is 237 Å². The fourth-order valence-corrected chi connectivity index (χ4v) is 20.5. The summed E-state index contributed by atoms with van der Waals surface area (Å²) in [5.41, 5.74) is 6.77. The van der Waals surface area contributed by atoms with Crippen molar-refractivity contribution in [2.45, 2.75) is 261 Å². The van der Waals surface area contributed by atoms with Gasteiger partial charge in [-0.3, -0.25) is 0 Å². The van der Waals surface area contributed by atoms with E-state index in [9.17, 15) is 52.8 Å². The zero-order valence-electron chi connectivity index (χ0n) is 76.7. The third-order valence-electron chi connectivity index (χ3n) is 21.5. The molecule has 8 aliphatic rings. The predicted octanol–water partition coefficient (Wildman–Crippen LogP) is 14.5. The molecule has 35 heteroatoms. The summed E-state index contributed by atoms with van der Waals surface area (Å²) >= 11 is 3.47. The Kier molecular flexibility index (Phi) is 36.7. The van der Waals surface area contributed by atoms with Crippen LogP contribution >= 0.6 is 15.9 Å². The van der Waals surface area contributed by atoms with Gasteiger partial charge >= 0.3 is 23.9 Å². The number of carbonyl (C=O) groups is 4. The Morgan fingerprint density at radius 3 is 0.968 bits per heavy atom. The van der Waals surface area contributed by atoms with Gasteiger partial charge in [0.25, 0.3) is 0 Å². The van der Waals surface area contributed by atoms with Crippen molar-refractivity contribution in [3.63, 3.8) is 0 Å². The van der Waals surface area contributed by atoms with Gasteiger partial charge in [-0.15, -0.1) is 0 Å². The highest BCUT2D eigenvalue weighted by Crippen LogP contribution is 2.38. The van der Waals surface area contributed by atoms with Gasteiger partial charge < -0.3 is 56.8 Å². The second-order valence-electron chi connectivity index (χ2n) is 36.2. The Labute approximate surface area is 749 Å². The maximum atomic E-state index is 15.1. The number of piperidine rings is 4. The van der Waals surface area contributed by atoms with E-state index in [1.165, 1.54) is 25.2 Å². The average molecular weight is 1890 g/mol. The molecule has 1 unspecified atom stereocenters. The number of rotatable bonds is 17. The van der Waals surface area contributed by atoms with Gasteiger partial charge in [0.2, 0.25) is 45.6 Å². The topological polar surface area (TPSA) is 352 Å². The zero-order valence-corrected chi connectivity index (χ0v) is 81.5. The summed E-state index contributed by atoms with van der Waals surface area (Å²) in [6.45, 7) is 48.8. The lowest BCUT2D eigenvalue weighted by atomic mass is 9.97. The number of halogens is 2. The SMILES string of the molecule is C=CS(=O)(=O)N1CCC2(CC1)OCCO2.CC#N.Cc1cc(C(=O)OC(C)(C)C)cc(C)c1/C=C/S(=O)(=O)N1CCC2(CC1)OCCO2.Cc1cc(C(=O)OC(C)(C)C)cc(C)c1Br.Cc1cc(C(=O)OC(C)(C)C)cc(C)c1CC(F)S(=O)(=O)N1CCC2(CC1)OCCO2.Cc1cc(C(=O)OC(C)(C)C)cc(C)c1CCS(=O)(=O)N1CCC2(CC1)OCCO2. The molecule has 8 aliphatic heterocycles. The molecule has 4 aromatic rings. The normalized spacial score (nSPS) is 19.5. The van der Waals surface area contributed by atoms with Gasteiger partial charge in [-0.25, -0.2) is 61.5 Å². The highest BCUT2D eigenvalue weighted by molar-refractivity contribution is 9.10. The van der Waals surface area contributed by atoms with Gasteiger partial charge in [0.15, 0.2) is 23.1 Å². The predicted molar refractivity (Wildman–Crippen MR) is 477 cm³/mol. The first-order chi connectivity index (χ1) is 57.8. The van der Waals surface area contributed by atoms with E-state index in [1.807, 2.05) is 116 Å². The number of ether oxygens (including phenoxy) is 12. The second kappa shape index (κ2) is 43.5. The molecule has 0 N–H and O–H groups in total. The molecule has 8 heterocycles. The Bertz CT molecular complexity index is 4890. The van der Waals surface area contributed by atoms with Crippen LogP contribution in [0.4, 0.5) is 4.39 Å².